The lowest BCUT2D eigenvalue weighted by Gasteiger charge is -2.34. The van der Waals surface area contributed by atoms with E-state index >= 15 is 0 Å². The molecule has 0 aliphatic carbocycles. The molecule has 1 saturated heterocycles. The molecule has 0 amide bonds. The lowest BCUT2D eigenvalue weighted by atomic mass is 10.2. The molecule has 0 spiro atoms. The summed E-state index contributed by atoms with van der Waals surface area (Å²) >= 11 is 0. The van der Waals surface area contributed by atoms with Crippen LogP contribution in [0.2, 0.25) is 0 Å². The van der Waals surface area contributed by atoms with Gasteiger partial charge in [-0.2, -0.15) is 4.31 Å². The molecule has 33 heavy (non-hydrogen) atoms. The third-order valence-electron chi connectivity index (χ3n) is 5.60. The molecule has 1 fully saturated rings. The molecule has 1 aliphatic rings. The van der Waals surface area contributed by atoms with Crippen LogP contribution in [0.5, 0.6) is 0 Å². The van der Waals surface area contributed by atoms with Gasteiger partial charge < -0.3 is 10.2 Å². The maximum Gasteiger partial charge on any atom is 0.245 e. The number of hydrogen-bond donors (Lipinski definition) is 1. The number of nitrogens with zero attached hydrogens (tertiary/aromatic N) is 6. The molecular formula is C23H23N7O2S. The molecule has 0 bridgehead atoms. The molecule has 0 radical (unpaired) electrons. The van der Waals surface area contributed by atoms with E-state index in [1.165, 1.54) is 10.6 Å². The van der Waals surface area contributed by atoms with E-state index < -0.39 is 10.0 Å². The molecule has 4 heterocycles. The van der Waals surface area contributed by atoms with Gasteiger partial charge in [-0.3, -0.25) is 4.98 Å². The van der Waals surface area contributed by atoms with Crippen molar-refractivity contribution >= 4 is 38.4 Å². The second-order valence-corrected chi connectivity index (χ2v) is 9.73. The first-order valence-corrected chi connectivity index (χ1v) is 12.1. The van der Waals surface area contributed by atoms with E-state index in [0.717, 1.165) is 16.8 Å². The number of benzene rings is 1. The topological polar surface area (TPSA) is 104 Å². The Bertz CT molecular complexity index is 1400. The molecule has 5 rings (SSSR count). The Kier molecular flexibility index (Phi) is 5.61. The van der Waals surface area contributed by atoms with Crippen LogP contribution in [0.1, 0.15) is 5.56 Å². The standard InChI is InChI=1S/C23H23N7O2S/c1-17-7-9-24-20(14-17)28-21-15-22(27-16-26-21)29-10-12-30(13-11-29)33(31,32)19-6-2-4-18-5-3-8-25-23(18)19/h2-9,14-16H,10-13H2,1H3,(H,24,26,27,28). The van der Waals surface area contributed by atoms with Crippen molar-refractivity contribution in [1.82, 2.24) is 24.2 Å². The number of sulfonamides is 1. The largest absolute Gasteiger partial charge is 0.354 e. The van der Waals surface area contributed by atoms with Gasteiger partial charge in [0.05, 0.1) is 5.52 Å². The Morgan fingerprint density at radius 2 is 1.64 bits per heavy atom. The molecule has 9 nitrogen and oxygen atoms in total. The van der Waals surface area contributed by atoms with Crippen molar-refractivity contribution in [1.29, 1.82) is 0 Å². The zero-order chi connectivity index (χ0) is 22.8. The van der Waals surface area contributed by atoms with E-state index in [9.17, 15) is 8.42 Å². The normalized spacial score (nSPS) is 15.0. The number of aromatic nitrogens is 4. The SMILES string of the molecule is Cc1ccnc(Nc2cc(N3CCN(S(=O)(=O)c4cccc5cccnc45)CC3)ncn2)c1. The van der Waals surface area contributed by atoms with Gasteiger partial charge >= 0.3 is 0 Å². The van der Waals surface area contributed by atoms with Gasteiger partial charge in [0, 0.05) is 50.0 Å². The van der Waals surface area contributed by atoms with Crippen molar-refractivity contribution < 1.29 is 8.42 Å². The predicted octanol–water partition coefficient (Wildman–Crippen LogP) is 2.98. The molecule has 168 valence electrons. The Labute approximate surface area is 192 Å². The zero-order valence-electron chi connectivity index (χ0n) is 18.1. The fourth-order valence-corrected chi connectivity index (χ4v) is 5.49. The number of para-hydroxylation sites is 1. The lowest BCUT2D eigenvalue weighted by Crippen LogP contribution is -2.49. The van der Waals surface area contributed by atoms with Gasteiger partial charge in [-0.25, -0.2) is 23.4 Å². The Morgan fingerprint density at radius 3 is 2.45 bits per heavy atom. The highest BCUT2D eigenvalue weighted by Crippen LogP contribution is 2.26. The van der Waals surface area contributed by atoms with Crippen molar-refractivity contribution in [2.45, 2.75) is 11.8 Å². The molecule has 1 N–H and O–H groups in total. The Hall–Kier alpha value is -3.63. The summed E-state index contributed by atoms with van der Waals surface area (Å²) in [6.07, 6.45) is 4.86. The average Bonchev–Trinajstić information content (AvgIpc) is 2.84. The first-order chi connectivity index (χ1) is 16.0. The summed E-state index contributed by atoms with van der Waals surface area (Å²) in [6, 6.07) is 14.6. The summed E-state index contributed by atoms with van der Waals surface area (Å²) in [6.45, 7) is 3.77. The van der Waals surface area contributed by atoms with Crippen LogP contribution in [0.4, 0.5) is 17.5 Å². The fourth-order valence-electron chi connectivity index (χ4n) is 3.91. The van der Waals surface area contributed by atoms with Gasteiger partial charge in [-0.1, -0.05) is 18.2 Å². The molecule has 0 unspecified atom stereocenters. The Balaban J connectivity index is 1.31. The number of pyridine rings is 2. The highest BCUT2D eigenvalue weighted by Gasteiger charge is 2.30. The van der Waals surface area contributed by atoms with Gasteiger partial charge in [0.15, 0.2) is 0 Å². The van der Waals surface area contributed by atoms with Crippen molar-refractivity contribution in [3.8, 4) is 0 Å². The number of fused-ring (bicyclic) bond motifs is 1. The number of nitrogens with one attached hydrogen (secondary N) is 1. The van der Waals surface area contributed by atoms with Crippen LogP contribution in [0.25, 0.3) is 10.9 Å². The van der Waals surface area contributed by atoms with Crippen LogP contribution in [-0.4, -0.2) is 58.8 Å². The summed E-state index contributed by atoms with van der Waals surface area (Å²) in [5.74, 6) is 2.08. The van der Waals surface area contributed by atoms with Gasteiger partial charge in [-0.05, 0) is 36.8 Å². The summed E-state index contributed by atoms with van der Waals surface area (Å²) in [5, 5.41) is 4.00. The van der Waals surface area contributed by atoms with Crippen molar-refractivity contribution in [2.75, 3.05) is 36.4 Å². The molecule has 10 heteroatoms. The monoisotopic (exact) mass is 461 g/mol. The number of hydrogen-bond acceptors (Lipinski definition) is 8. The second kappa shape index (κ2) is 8.72. The van der Waals surface area contributed by atoms with Gasteiger partial charge in [-0.15, -0.1) is 0 Å². The van der Waals surface area contributed by atoms with E-state index in [-0.39, 0.29) is 4.90 Å². The van der Waals surface area contributed by atoms with Crippen molar-refractivity contribution in [3.05, 3.63) is 72.8 Å². The molecule has 0 saturated carbocycles. The number of rotatable bonds is 5. The lowest BCUT2D eigenvalue weighted by molar-refractivity contribution is 0.384. The highest BCUT2D eigenvalue weighted by molar-refractivity contribution is 7.89. The van der Waals surface area contributed by atoms with E-state index in [4.69, 9.17) is 0 Å². The van der Waals surface area contributed by atoms with Crippen molar-refractivity contribution in [2.24, 2.45) is 0 Å². The summed E-state index contributed by atoms with van der Waals surface area (Å²) in [5.41, 5.74) is 1.60. The second-order valence-electron chi connectivity index (χ2n) is 7.83. The Morgan fingerprint density at radius 1 is 0.848 bits per heavy atom. The van der Waals surface area contributed by atoms with E-state index in [2.05, 4.69) is 30.2 Å². The molecule has 4 aromatic rings. The maximum absolute atomic E-state index is 13.4. The van der Waals surface area contributed by atoms with Gasteiger partial charge in [0.2, 0.25) is 10.0 Å². The maximum atomic E-state index is 13.4. The molecule has 1 aromatic carbocycles. The number of anilines is 3. The smallest absolute Gasteiger partial charge is 0.245 e. The van der Waals surface area contributed by atoms with E-state index in [1.54, 1.807) is 30.6 Å². The zero-order valence-corrected chi connectivity index (χ0v) is 18.9. The summed E-state index contributed by atoms with van der Waals surface area (Å²) in [4.78, 5) is 19.6. The van der Waals surface area contributed by atoms with Crippen LogP contribution in [0.3, 0.4) is 0 Å². The quantitative estimate of drug-likeness (QED) is 0.484. The van der Waals surface area contributed by atoms with Crippen LogP contribution >= 0.6 is 0 Å². The summed E-state index contributed by atoms with van der Waals surface area (Å²) in [7, 11) is -3.66. The van der Waals surface area contributed by atoms with Crippen LogP contribution in [-0.2, 0) is 10.0 Å². The number of aryl methyl sites for hydroxylation is 1. The van der Waals surface area contributed by atoms with Gasteiger partial charge in [0.25, 0.3) is 0 Å². The minimum Gasteiger partial charge on any atom is -0.354 e. The third kappa shape index (κ3) is 4.35. The van der Waals surface area contributed by atoms with Crippen LogP contribution < -0.4 is 10.2 Å². The molecule has 1 aliphatic heterocycles. The van der Waals surface area contributed by atoms with E-state index in [0.29, 0.717) is 43.3 Å². The summed E-state index contributed by atoms with van der Waals surface area (Å²) < 4.78 is 28.2. The van der Waals surface area contributed by atoms with Gasteiger partial charge in [0.1, 0.15) is 28.7 Å². The van der Waals surface area contributed by atoms with Crippen molar-refractivity contribution in [3.63, 3.8) is 0 Å². The third-order valence-corrected chi connectivity index (χ3v) is 7.53. The van der Waals surface area contributed by atoms with Crippen LogP contribution in [0, 0.1) is 6.92 Å². The first-order valence-electron chi connectivity index (χ1n) is 10.6. The molecule has 0 atom stereocenters. The first kappa shape index (κ1) is 21.2. The van der Waals surface area contributed by atoms with E-state index in [1.807, 2.05) is 37.3 Å². The average molecular weight is 462 g/mol. The molecule has 3 aromatic heterocycles. The molecular weight excluding hydrogens is 438 g/mol. The minimum atomic E-state index is -3.66. The fraction of sp³-hybridized carbons (Fsp3) is 0.217. The predicted molar refractivity (Wildman–Crippen MR) is 127 cm³/mol. The minimum absolute atomic E-state index is 0.244. The highest BCUT2D eigenvalue weighted by atomic mass is 32.2. The number of piperazine rings is 1. The van der Waals surface area contributed by atoms with Crippen LogP contribution in [0.15, 0.2) is 72.1 Å².